The fourth-order valence-corrected chi connectivity index (χ4v) is 5.05. The number of unbranched alkanes of at least 4 members (excludes halogenated alkanes) is 2. The Morgan fingerprint density at radius 1 is 1.21 bits per heavy atom. The molecule has 0 unspecified atom stereocenters. The van der Waals surface area contributed by atoms with Gasteiger partial charge in [-0.05, 0) is 81.5 Å². The smallest absolute Gasteiger partial charge is 0.173 e. The van der Waals surface area contributed by atoms with Gasteiger partial charge in [-0.2, -0.15) is 0 Å². The standard InChI is InChI=1S/C25H39N3S/c1-3-17-27(2)18-10-6-7-11-21-14-15-24-22(20-21)16-19-28(24)25(29)26-23-12-8-4-5-9-13-23/h3,14-15,20,23H,1,4-13,16-19H2,2H3,(H,26,29). The minimum Gasteiger partial charge on any atom is -0.360 e. The summed E-state index contributed by atoms with van der Waals surface area (Å²) in [4.78, 5) is 4.66. The van der Waals surface area contributed by atoms with Crippen LogP contribution in [0, 0.1) is 0 Å². The second-order valence-electron chi connectivity index (χ2n) is 8.86. The number of aryl methyl sites for hydroxylation is 1. The maximum Gasteiger partial charge on any atom is 0.173 e. The fourth-order valence-electron chi connectivity index (χ4n) is 4.70. The van der Waals surface area contributed by atoms with Crippen molar-refractivity contribution in [2.75, 3.05) is 31.6 Å². The molecule has 0 radical (unpaired) electrons. The zero-order chi connectivity index (χ0) is 20.5. The summed E-state index contributed by atoms with van der Waals surface area (Å²) in [7, 11) is 2.17. The Morgan fingerprint density at radius 2 is 2.00 bits per heavy atom. The molecule has 160 valence electrons. The summed E-state index contributed by atoms with van der Waals surface area (Å²) in [6, 6.07) is 7.61. The minimum atomic E-state index is 0.568. The largest absolute Gasteiger partial charge is 0.360 e. The van der Waals surface area contributed by atoms with E-state index < -0.39 is 0 Å². The first-order chi connectivity index (χ1) is 14.2. The first-order valence-corrected chi connectivity index (χ1v) is 12.1. The summed E-state index contributed by atoms with van der Waals surface area (Å²) in [5, 5.41) is 4.61. The highest BCUT2D eigenvalue weighted by atomic mass is 32.1. The first kappa shape index (κ1) is 22.3. The lowest BCUT2D eigenvalue weighted by atomic mass is 10.0. The van der Waals surface area contributed by atoms with Gasteiger partial charge < -0.3 is 15.1 Å². The van der Waals surface area contributed by atoms with Gasteiger partial charge >= 0.3 is 0 Å². The van der Waals surface area contributed by atoms with E-state index in [2.05, 4.69) is 46.9 Å². The van der Waals surface area contributed by atoms with Crippen molar-refractivity contribution in [3.8, 4) is 0 Å². The molecule has 1 saturated carbocycles. The third kappa shape index (κ3) is 6.82. The minimum absolute atomic E-state index is 0.568. The first-order valence-electron chi connectivity index (χ1n) is 11.7. The molecule has 0 atom stereocenters. The average Bonchev–Trinajstić information content (AvgIpc) is 2.96. The van der Waals surface area contributed by atoms with Gasteiger partial charge in [0.25, 0.3) is 0 Å². The molecule has 29 heavy (non-hydrogen) atoms. The maximum atomic E-state index is 5.79. The van der Waals surface area contributed by atoms with Gasteiger partial charge in [0.2, 0.25) is 0 Å². The molecule has 1 aromatic rings. The van der Waals surface area contributed by atoms with Crippen LogP contribution in [0.2, 0.25) is 0 Å². The number of nitrogens with one attached hydrogen (secondary N) is 1. The molecule has 1 aliphatic carbocycles. The molecule has 0 amide bonds. The van der Waals surface area contributed by atoms with Gasteiger partial charge in [-0.3, -0.25) is 0 Å². The third-order valence-corrected chi connectivity index (χ3v) is 6.75. The van der Waals surface area contributed by atoms with Crippen molar-refractivity contribution < 1.29 is 0 Å². The molecule has 1 heterocycles. The molecule has 4 heteroatoms. The Hall–Kier alpha value is -1.39. The Balaban J connectivity index is 1.45. The summed E-state index contributed by atoms with van der Waals surface area (Å²) in [5.74, 6) is 0. The van der Waals surface area contributed by atoms with Crippen LogP contribution in [-0.4, -0.2) is 42.7 Å². The van der Waals surface area contributed by atoms with Gasteiger partial charge in [-0.25, -0.2) is 0 Å². The molecule has 2 aliphatic rings. The summed E-state index contributed by atoms with van der Waals surface area (Å²) in [6.07, 6.45) is 16.1. The van der Waals surface area contributed by atoms with Crippen molar-refractivity contribution in [2.45, 2.75) is 76.7 Å². The SMILES string of the molecule is C=CCN(C)CCCCCc1ccc2c(c1)CCN2C(=S)NC1CCCCCC1. The Bertz CT molecular complexity index is 664. The number of hydrogen-bond donors (Lipinski definition) is 1. The molecule has 1 aliphatic heterocycles. The molecular formula is C25H39N3S. The number of hydrogen-bond acceptors (Lipinski definition) is 2. The summed E-state index contributed by atoms with van der Waals surface area (Å²) < 4.78 is 0. The van der Waals surface area contributed by atoms with Crippen molar-refractivity contribution in [1.29, 1.82) is 0 Å². The van der Waals surface area contributed by atoms with Crippen LogP contribution in [0.3, 0.4) is 0 Å². The van der Waals surface area contributed by atoms with Crippen LogP contribution in [0.5, 0.6) is 0 Å². The lowest BCUT2D eigenvalue weighted by molar-refractivity contribution is 0.358. The van der Waals surface area contributed by atoms with E-state index in [4.69, 9.17) is 12.2 Å². The van der Waals surface area contributed by atoms with Crippen LogP contribution in [-0.2, 0) is 12.8 Å². The van der Waals surface area contributed by atoms with Gasteiger partial charge in [-0.15, -0.1) is 6.58 Å². The van der Waals surface area contributed by atoms with Crippen molar-refractivity contribution in [1.82, 2.24) is 10.2 Å². The van der Waals surface area contributed by atoms with E-state index in [9.17, 15) is 0 Å². The highest BCUT2D eigenvalue weighted by Gasteiger charge is 2.24. The zero-order valence-electron chi connectivity index (χ0n) is 18.3. The predicted molar refractivity (Wildman–Crippen MR) is 130 cm³/mol. The molecule has 1 aromatic carbocycles. The Kier molecular flexibility index (Phi) is 9.00. The Morgan fingerprint density at radius 3 is 2.76 bits per heavy atom. The van der Waals surface area contributed by atoms with Crippen LogP contribution < -0.4 is 10.2 Å². The van der Waals surface area contributed by atoms with Crippen LogP contribution in [0.1, 0.15) is 68.9 Å². The molecule has 1 fully saturated rings. The maximum absolute atomic E-state index is 5.79. The van der Waals surface area contributed by atoms with Crippen LogP contribution in [0.15, 0.2) is 30.9 Å². The lowest BCUT2D eigenvalue weighted by Crippen LogP contribution is -2.44. The van der Waals surface area contributed by atoms with Gasteiger partial charge in [0.15, 0.2) is 5.11 Å². The predicted octanol–water partition coefficient (Wildman–Crippen LogP) is 5.48. The molecular weight excluding hydrogens is 374 g/mol. The summed E-state index contributed by atoms with van der Waals surface area (Å²) >= 11 is 5.79. The van der Waals surface area contributed by atoms with Crippen molar-refractivity contribution in [3.63, 3.8) is 0 Å². The highest BCUT2D eigenvalue weighted by molar-refractivity contribution is 7.80. The van der Waals surface area contributed by atoms with Crippen molar-refractivity contribution in [3.05, 3.63) is 42.0 Å². The number of likely N-dealkylation sites (N-methyl/N-ethyl adjacent to an activating group) is 1. The van der Waals surface area contributed by atoms with Gasteiger partial charge in [0, 0.05) is 24.8 Å². The van der Waals surface area contributed by atoms with E-state index in [0.29, 0.717) is 6.04 Å². The molecule has 3 rings (SSSR count). The second-order valence-corrected chi connectivity index (χ2v) is 9.25. The van der Waals surface area contributed by atoms with Gasteiger partial charge in [0.05, 0.1) is 0 Å². The van der Waals surface area contributed by atoms with E-state index in [-0.39, 0.29) is 0 Å². The lowest BCUT2D eigenvalue weighted by Gasteiger charge is -2.26. The van der Waals surface area contributed by atoms with E-state index in [1.54, 1.807) is 0 Å². The second kappa shape index (κ2) is 11.7. The summed E-state index contributed by atoms with van der Waals surface area (Å²) in [6.45, 7) is 6.97. The molecule has 0 bridgehead atoms. The monoisotopic (exact) mass is 413 g/mol. The topological polar surface area (TPSA) is 18.5 Å². The number of rotatable bonds is 9. The van der Waals surface area contributed by atoms with E-state index in [0.717, 1.165) is 31.2 Å². The summed E-state index contributed by atoms with van der Waals surface area (Å²) in [5.41, 5.74) is 4.27. The molecule has 0 spiro atoms. The van der Waals surface area contributed by atoms with Crippen LogP contribution in [0.25, 0.3) is 0 Å². The van der Waals surface area contributed by atoms with Crippen LogP contribution in [0.4, 0.5) is 5.69 Å². The number of thiocarbonyl (C=S) groups is 1. The van der Waals surface area contributed by atoms with E-state index in [1.807, 2.05) is 6.08 Å². The third-order valence-electron chi connectivity index (χ3n) is 6.41. The van der Waals surface area contributed by atoms with Crippen molar-refractivity contribution in [2.24, 2.45) is 0 Å². The van der Waals surface area contributed by atoms with E-state index >= 15 is 0 Å². The number of anilines is 1. The molecule has 0 saturated heterocycles. The average molecular weight is 414 g/mol. The molecule has 3 nitrogen and oxygen atoms in total. The zero-order valence-corrected chi connectivity index (χ0v) is 19.1. The number of benzene rings is 1. The quantitative estimate of drug-likeness (QED) is 0.250. The van der Waals surface area contributed by atoms with Crippen molar-refractivity contribution >= 4 is 23.0 Å². The van der Waals surface area contributed by atoms with E-state index in [1.165, 1.54) is 81.0 Å². The fraction of sp³-hybridized carbons (Fsp3) is 0.640. The highest BCUT2D eigenvalue weighted by Crippen LogP contribution is 2.30. The van der Waals surface area contributed by atoms with Crippen LogP contribution >= 0.6 is 12.2 Å². The molecule has 0 aromatic heterocycles. The van der Waals surface area contributed by atoms with Gasteiger partial charge in [0.1, 0.15) is 0 Å². The molecule has 1 N–H and O–H groups in total. The normalized spacial score (nSPS) is 17.2. The number of nitrogens with zero attached hydrogens (tertiary/aromatic N) is 2. The van der Waals surface area contributed by atoms with Gasteiger partial charge in [-0.1, -0.05) is 50.3 Å². The number of fused-ring (bicyclic) bond motifs is 1. The Labute approximate surface area is 183 Å².